The van der Waals surface area contributed by atoms with Gasteiger partial charge in [-0.25, -0.2) is 0 Å². The number of carbonyl (C=O) groups is 1. The van der Waals surface area contributed by atoms with Gasteiger partial charge >= 0.3 is 0 Å². The lowest BCUT2D eigenvalue weighted by atomic mass is 10.1. The summed E-state index contributed by atoms with van der Waals surface area (Å²) in [6, 6.07) is 8.82. The Hall–Kier alpha value is -1.55. The third kappa shape index (κ3) is 3.21. The Morgan fingerprint density at radius 2 is 1.95 bits per heavy atom. The zero-order valence-electron chi connectivity index (χ0n) is 12.8. The van der Waals surface area contributed by atoms with E-state index in [0.29, 0.717) is 5.91 Å². The number of aryl methyl sites for hydroxylation is 1. The van der Waals surface area contributed by atoms with E-state index in [1.54, 1.807) is 0 Å². The van der Waals surface area contributed by atoms with Crippen LogP contribution < -0.4 is 10.6 Å². The average Bonchev–Trinajstić information content (AvgIpc) is 2.93. The van der Waals surface area contributed by atoms with Crippen LogP contribution in [0.1, 0.15) is 24.8 Å². The van der Waals surface area contributed by atoms with Gasteiger partial charge in [0.2, 0.25) is 5.91 Å². The van der Waals surface area contributed by atoms with Crippen LogP contribution in [0.25, 0.3) is 0 Å². The SMILES string of the molecule is Cc1cccc(N2CCN(C(=O)C3CCC(N)C3)CC2)c1. The number of nitrogens with zero attached hydrogens (tertiary/aromatic N) is 2. The smallest absolute Gasteiger partial charge is 0.225 e. The molecule has 1 aromatic carbocycles. The molecule has 0 aromatic heterocycles. The molecular formula is C17H25N3O. The molecule has 1 aliphatic carbocycles. The predicted octanol–water partition coefficient (Wildman–Crippen LogP) is 1.77. The fourth-order valence-corrected chi connectivity index (χ4v) is 3.51. The minimum atomic E-state index is 0.172. The van der Waals surface area contributed by atoms with Gasteiger partial charge in [0.25, 0.3) is 0 Å². The number of nitrogens with two attached hydrogens (primary N) is 1. The fourth-order valence-electron chi connectivity index (χ4n) is 3.51. The molecule has 1 aromatic rings. The Labute approximate surface area is 126 Å². The molecule has 4 nitrogen and oxygen atoms in total. The summed E-state index contributed by atoms with van der Waals surface area (Å²) in [5.41, 5.74) is 8.48. The summed E-state index contributed by atoms with van der Waals surface area (Å²) >= 11 is 0. The van der Waals surface area contributed by atoms with Crippen LogP contribution in [0.3, 0.4) is 0 Å². The highest BCUT2D eigenvalue weighted by molar-refractivity contribution is 5.79. The molecule has 4 heteroatoms. The molecule has 0 radical (unpaired) electrons. The van der Waals surface area contributed by atoms with Crippen LogP contribution in [-0.4, -0.2) is 43.0 Å². The van der Waals surface area contributed by atoms with Gasteiger partial charge in [0, 0.05) is 43.8 Å². The van der Waals surface area contributed by atoms with E-state index >= 15 is 0 Å². The Balaban J connectivity index is 1.56. The molecule has 2 fully saturated rings. The number of rotatable bonds is 2. The molecule has 114 valence electrons. The lowest BCUT2D eigenvalue weighted by Gasteiger charge is -2.37. The number of benzene rings is 1. The molecule has 1 saturated heterocycles. The topological polar surface area (TPSA) is 49.6 Å². The van der Waals surface area contributed by atoms with Crippen molar-refractivity contribution in [3.8, 4) is 0 Å². The van der Waals surface area contributed by atoms with E-state index in [1.165, 1.54) is 11.3 Å². The molecule has 1 aliphatic heterocycles. The van der Waals surface area contributed by atoms with Crippen molar-refractivity contribution in [2.75, 3.05) is 31.1 Å². The van der Waals surface area contributed by atoms with Crippen molar-refractivity contribution in [2.24, 2.45) is 11.7 Å². The van der Waals surface area contributed by atoms with E-state index in [4.69, 9.17) is 5.73 Å². The highest BCUT2D eigenvalue weighted by Gasteiger charge is 2.32. The van der Waals surface area contributed by atoms with Crippen molar-refractivity contribution in [1.29, 1.82) is 0 Å². The minimum absolute atomic E-state index is 0.172. The molecule has 1 amide bonds. The van der Waals surface area contributed by atoms with Crippen molar-refractivity contribution in [3.63, 3.8) is 0 Å². The second kappa shape index (κ2) is 6.06. The maximum absolute atomic E-state index is 12.5. The lowest BCUT2D eigenvalue weighted by Crippen LogP contribution is -2.50. The van der Waals surface area contributed by atoms with E-state index in [-0.39, 0.29) is 12.0 Å². The molecular weight excluding hydrogens is 262 g/mol. The second-order valence-corrected chi connectivity index (χ2v) is 6.42. The maximum Gasteiger partial charge on any atom is 0.225 e. The van der Waals surface area contributed by atoms with Crippen molar-refractivity contribution >= 4 is 11.6 Å². The van der Waals surface area contributed by atoms with Gasteiger partial charge in [-0.2, -0.15) is 0 Å². The van der Waals surface area contributed by atoms with Crippen LogP contribution in [0.4, 0.5) is 5.69 Å². The van der Waals surface area contributed by atoms with Crippen LogP contribution in [0.15, 0.2) is 24.3 Å². The first kappa shape index (κ1) is 14.4. The summed E-state index contributed by atoms with van der Waals surface area (Å²) in [4.78, 5) is 16.9. The van der Waals surface area contributed by atoms with Crippen molar-refractivity contribution in [1.82, 2.24) is 4.90 Å². The van der Waals surface area contributed by atoms with Crippen LogP contribution in [0.5, 0.6) is 0 Å². The normalized spacial score (nSPS) is 26.2. The van der Waals surface area contributed by atoms with Gasteiger partial charge in [-0.05, 0) is 43.9 Å². The number of hydrogen-bond acceptors (Lipinski definition) is 3. The zero-order chi connectivity index (χ0) is 14.8. The molecule has 2 atom stereocenters. The molecule has 3 rings (SSSR count). The number of piperazine rings is 1. The number of amides is 1. The summed E-state index contributed by atoms with van der Waals surface area (Å²) in [6.07, 6.45) is 2.84. The Morgan fingerprint density at radius 1 is 1.19 bits per heavy atom. The van der Waals surface area contributed by atoms with E-state index in [2.05, 4.69) is 36.1 Å². The van der Waals surface area contributed by atoms with Gasteiger partial charge in [0.05, 0.1) is 0 Å². The molecule has 2 aliphatic rings. The quantitative estimate of drug-likeness (QED) is 0.902. The molecule has 2 N–H and O–H groups in total. The third-order valence-corrected chi connectivity index (χ3v) is 4.78. The first-order valence-corrected chi connectivity index (χ1v) is 7.99. The van der Waals surface area contributed by atoms with Gasteiger partial charge in [-0.3, -0.25) is 4.79 Å². The number of carbonyl (C=O) groups excluding carboxylic acids is 1. The second-order valence-electron chi connectivity index (χ2n) is 6.42. The van der Waals surface area contributed by atoms with E-state index in [9.17, 15) is 4.79 Å². The van der Waals surface area contributed by atoms with Crippen molar-refractivity contribution < 1.29 is 4.79 Å². The van der Waals surface area contributed by atoms with Crippen molar-refractivity contribution in [3.05, 3.63) is 29.8 Å². The Bertz CT molecular complexity index is 509. The fraction of sp³-hybridized carbons (Fsp3) is 0.588. The monoisotopic (exact) mass is 287 g/mol. The van der Waals surface area contributed by atoms with Crippen LogP contribution >= 0.6 is 0 Å². The summed E-state index contributed by atoms with van der Waals surface area (Å²) in [5, 5.41) is 0. The highest BCUT2D eigenvalue weighted by Crippen LogP contribution is 2.27. The van der Waals surface area contributed by atoms with Gasteiger partial charge < -0.3 is 15.5 Å². The molecule has 1 heterocycles. The first-order chi connectivity index (χ1) is 10.1. The van der Waals surface area contributed by atoms with E-state index in [1.807, 2.05) is 4.90 Å². The Kier molecular flexibility index (Phi) is 4.15. The molecule has 21 heavy (non-hydrogen) atoms. The summed E-state index contributed by atoms with van der Waals surface area (Å²) in [6.45, 7) is 5.63. The first-order valence-electron chi connectivity index (χ1n) is 7.99. The summed E-state index contributed by atoms with van der Waals surface area (Å²) < 4.78 is 0. The maximum atomic E-state index is 12.5. The van der Waals surface area contributed by atoms with Gasteiger partial charge in [0.1, 0.15) is 0 Å². The minimum Gasteiger partial charge on any atom is -0.368 e. The molecule has 0 bridgehead atoms. The number of anilines is 1. The number of hydrogen-bond donors (Lipinski definition) is 1. The van der Waals surface area contributed by atoms with Gasteiger partial charge in [0.15, 0.2) is 0 Å². The summed E-state index contributed by atoms with van der Waals surface area (Å²) in [5.74, 6) is 0.498. The molecule has 0 spiro atoms. The van der Waals surface area contributed by atoms with Crippen LogP contribution in [0.2, 0.25) is 0 Å². The van der Waals surface area contributed by atoms with Crippen LogP contribution in [-0.2, 0) is 4.79 Å². The van der Waals surface area contributed by atoms with Gasteiger partial charge in [-0.1, -0.05) is 12.1 Å². The van der Waals surface area contributed by atoms with Crippen molar-refractivity contribution in [2.45, 2.75) is 32.2 Å². The molecule has 1 saturated carbocycles. The van der Waals surface area contributed by atoms with Crippen LogP contribution in [0, 0.1) is 12.8 Å². The summed E-state index contributed by atoms with van der Waals surface area (Å²) in [7, 11) is 0. The predicted molar refractivity (Wildman–Crippen MR) is 85.3 cm³/mol. The highest BCUT2D eigenvalue weighted by atomic mass is 16.2. The Morgan fingerprint density at radius 3 is 2.57 bits per heavy atom. The van der Waals surface area contributed by atoms with Gasteiger partial charge in [-0.15, -0.1) is 0 Å². The molecule has 2 unspecified atom stereocenters. The van der Waals surface area contributed by atoms with E-state index < -0.39 is 0 Å². The lowest BCUT2D eigenvalue weighted by molar-refractivity contribution is -0.135. The standard InChI is InChI=1S/C17H25N3O/c1-13-3-2-4-16(11-13)19-7-9-20(10-8-19)17(21)14-5-6-15(18)12-14/h2-4,11,14-15H,5-10,12,18H2,1H3. The van der Waals surface area contributed by atoms with E-state index in [0.717, 1.165) is 45.4 Å². The zero-order valence-corrected chi connectivity index (χ0v) is 12.8. The average molecular weight is 287 g/mol. The third-order valence-electron chi connectivity index (χ3n) is 4.78. The largest absolute Gasteiger partial charge is 0.368 e.